The Morgan fingerprint density at radius 1 is 1.45 bits per heavy atom. The first-order valence-corrected chi connectivity index (χ1v) is 8.64. The summed E-state index contributed by atoms with van der Waals surface area (Å²) in [5.74, 6) is 1.08. The van der Waals surface area contributed by atoms with Gasteiger partial charge >= 0.3 is 0 Å². The molecule has 0 radical (unpaired) electrons. The standard InChI is InChI=1S/C14H20N2O2S2/c1-10-7-12(10)8-16(2)20(17,18)9-11-5-3-4-6-13(11)14(15)19/h3-6,10,12H,7-9H2,1-2H3,(H2,15,19). The molecule has 6 heteroatoms. The summed E-state index contributed by atoms with van der Waals surface area (Å²) in [6, 6.07) is 7.13. The fourth-order valence-corrected chi connectivity index (χ4v) is 3.77. The molecule has 2 rings (SSSR count). The SMILES string of the molecule is CC1CC1CN(C)S(=O)(=O)Cc1ccccc1C(N)=S. The van der Waals surface area contributed by atoms with Crippen LogP contribution >= 0.6 is 12.2 Å². The lowest BCUT2D eigenvalue weighted by Gasteiger charge is -2.18. The zero-order valence-electron chi connectivity index (χ0n) is 11.7. The van der Waals surface area contributed by atoms with E-state index >= 15 is 0 Å². The van der Waals surface area contributed by atoms with Crippen LogP contribution in [0.1, 0.15) is 24.5 Å². The van der Waals surface area contributed by atoms with Crippen LogP contribution in [0.25, 0.3) is 0 Å². The zero-order valence-corrected chi connectivity index (χ0v) is 13.4. The van der Waals surface area contributed by atoms with Crippen molar-refractivity contribution in [3.8, 4) is 0 Å². The van der Waals surface area contributed by atoms with Crippen LogP contribution in [0.3, 0.4) is 0 Å². The topological polar surface area (TPSA) is 63.4 Å². The average molecular weight is 312 g/mol. The fraction of sp³-hybridized carbons (Fsp3) is 0.500. The van der Waals surface area contributed by atoms with Crippen molar-refractivity contribution in [2.24, 2.45) is 17.6 Å². The van der Waals surface area contributed by atoms with Gasteiger partial charge in [-0.1, -0.05) is 43.4 Å². The summed E-state index contributed by atoms with van der Waals surface area (Å²) < 4.78 is 26.2. The molecule has 2 N–H and O–H groups in total. The summed E-state index contributed by atoms with van der Waals surface area (Å²) in [6.07, 6.45) is 1.11. The Balaban J connectivity index is 2.13. The molecule has 1 aromatic carbocycles. The maximum absolute atomic E-state index is 12.4. The number of thiocarbonyl (C=S) groups is 1. The number of nitrogens with two attached hydrogens (primary N) is 1. The van der Waals surface area contributed by atoms with Crippen molar-refractivity contribution in [1.29, 1.82) is 0 Å². The molecular formula is C14H20N2O2S2. The van der Waals surface area contributed by atoms with Gasteiger partial charge in [0.05, 0.1) is 5.75 Å². The molecule has 110 valence electrons. The number of nitrogens with zero attached hydrogens (tertiary/aromatic N) is 1. The maximum Gasteiger partial charge on any atom is 0.218 e. The van der Waals surface area contributed by atoms with Crippen LogP contribution in [0.4, 0.5) is 0 Å². The van der Waals surface area contributed by atoms with Crippen LogP contribution in [-0.4, -0.2) is 31.3 Å². The molecule has 0 amide bonds. The van der Waals surface area contributed by atoms with E-state index in [0.717, 1.165) is 6.42 Å². The highest BCUT2D eigenvalue weighted by Crippen LogP contribution is 2.38. The van der Waals surface area contributed by atoms with E-state index in [4.69, 9.17) is 18.0 Å². The molecule has 0 bridgehead atoms. The van der Waals surface area contributed by atoms with Crippen molar-refractivity contribution in [1.82, 2.24) is 4.31 Å². The van der Waals surface area contributed by atoms with E-state index in [1.807, 2.05) is 0 Å². The first kappa shape index (κ1) is 15.4. The molecular weight excluding hydrogens is 292 g/mol. The molecule has 1 aliphatic carbocycles. The second-order valence-electron chi connectivity index (χ2n) is 5.53. The van der Waals surface area contributed by atoms with Gasteiger partial charge in [0, 0.05) is 19.2 Å². The monoisotopic (exact) mass is 312 g/mol. The largest absolute Gasteiger partial charge is 0.389 e. The quantitative estimate of drug-likeness (QED) is 0.813. The molecule has 1 fully saturated rings. The Hall–Kier alpha value is -0.980. The third-order valence-corrected chi connectivity index (χ3v) is 5.86. The first-order valence-electron chi connectivity index (χ1n) is 6.63. The number of hydrogen-bond donors (Lipinski definition) is 1. The van der Waals surface area contributed by atoms with E-state index in [1.165, 1.54) is 4.31 Å². The van der Waals surface area contributed by atoms with E-state index in [1.54, 1.807) is 31.3 Å². The van der Waals surface area contributed by atoms with Crippen molar-refractivity contribution in [2.75, 3.05) is 13.6 Å². The van der Waals surface area contributed by atoms with Crippen molar-refractivity contribution in [3.63, 3.8) is 0 Å². The Morgan fingerprint density at radius 2 is 2.05 bits per heavy atom. The summed E-state index contributed by atoms with van der Waals surface area (Å²) >= 11 is 4.97. The fourth-order valence-electron chi connectivity index (χ4n) is 2.29. The Labute approximate surface area is 126 Å². The van der Waals surface area contributed by atoms with Crippen molar-refractivity contribution >= 4 is 27.2 Å². The molecule has 0 saturated heterocycles. The third-order valence-electron chi connectivity index (χ3n) is 3.86. The number of hydrogen-bond acceptors (Lipinski definition) is 3. The molecule has 0 spiro atoms. The summed E-state index contributed by atoms with van der Waals surface area (Å²) in [6.45, 7) is 2.74. The van der Waals surface area contributed by atoms with E-state index in [-0.39, 0.29) is 10.7 Å². The summed E-state index contributed by atoms with van der Waals surface area (Å²) in [5, 5.41) is 0. The Morgan fingerprint density at radius 3 is 2.60 bits per heavy atom. The molecule has 2 atom stereocenters. The summed E-state index contributed by atoms with van der Waals surface area (Å²) in [4.78, 5) is 0.231. The van der Waals surface area contributed by atoms with Crippen LogP contribution in [0.2, 0.25) is 0 Å². The Kier molecular flexibility index (Phi) is 4.46. The second-order valence-corrected chi connectivity index (χ2v) is 8.05. The predicted octanol–water partition coefficient (Wildman–Crippen LogP) is 1.74. The van der Waals surface area contributed by atoms with Gasteiger partial charge in [-0.05, 0) is 23.8 Å². The lowest BCUT2D eigenvalue weighted by atomic mass is 10.1. The van der Waals surface area contributed by atoms with Crippen molar-refractivity contribution < 1.29 is 8.42 Å². The molecule has 0 aromatic heterocycles. The highest BCUT2D eigenvalue weighted by Gasteiger charge is 2.35. The normalized spacial score (nSPS) is 21.9. The van der Waals surface area contributed by atoms with E-state index < -0.39 is 10.0 Å². The maximum atomic E-state index is 12.4. The molecule has 2 unspecified atom stereocenters. The van der Waals surface area contributed by atoms with Gasteiger partial charge in [-0.2, -0.15) is 0 Å². The average Bonchev–Trinajstić information content (AvgIpc) is 3.04. The van der Waals surface area contributed by atoms with Gasteiger partial charge in [-0.3, -0.25) is 0 Å². The minimum atomic E-state index is -3.33. The van der Waals surface area contributed by atoms with Crippen LogP contribution in [0.5, 0.6) is 0 Å². The van der Waals surface area contributed by atoms with Gasteiger partial charge in [0.1, 0.15) is 4.99 Å². The van der Waals surface area contributed by atoms with Gasteiger partial charge in [0.25, 0.3) is 0 Å². The third kappa shape index (κ3) is 3.56. The highest BCUT2D eigenvalue weighted by molar-refractivity contribution is 7.88. The smallest absolute Gasteiger partial charge is 0.218 e. The van der Waals surface area contributed by atoms with E-state index in [0.29, 0.717) is 29.5 Å². The highest BCUT2D eigenvalue weighted by atomic mass is 32.2. The lowest BCUT2D eigenvalue weighted by Crippen LogP contribution is -2.31. The van der Waals surface area contributed by atoms with Gasteiger partial charge in [0.15, 0.2) is 0 Å². The second kappa shape index (κ2) is 5.79. The molecule has 1 aromatic rings. The number of sulfonamides is 1. The van der Waals surface area contributed by atoms with Crippen LogP contribution < -0.4 is 5.73 Å². The van der Waals surface area contributed by atoms with Gasteiger partial charge in [0.2, 0.25) is 10.0 Å². The summed E-state index contributed by atoms with van der Waals surface area (Å²) in [7, 11) is -1.69. The molecule has 1 saturated carbocycles. The molecule has 4 nitrogen and oxygen atoms in total. The van der Waals surface area contributed by atoms with Gasteiger partial charge < -0.3 is 5.73 Å². The predicted molar refractivity (Wildman–Crippen MR) is 84.9 cm³/mol. The van der Waals surface area contributed by atoms with Crippen LogP contribution in [0.15, 0.2) is 24.3 Å². The molecule has 1 aliphatic rings. The van der Waals surface area contributed by atoms with E-state index in [9.17, 15) is 8.42 Å². The van der Waals surface area contributed by atoms with Crippen LogP contribution in [0, 0.1) is 11.8 Å². The van der Waals surface area contributed by atoms with Gasteiger partial charge in [-0.25, -0.2) is 12.7 Å². The van der Waals surface area contributed by atoms with Gasteiger partial charge in [-0.15, -0.1) is 0 Å². The Bertz CT molecular complexity index is 613. The zero-order chi connectivity index (χ0) is 14.9. The van der Waals surface area contributed by atoms with Crippen LogP contribution in [-0.2, 0) is 15.8 Å². The first-order chi connectivity index (χ1) is 9.31. The minimum absolute atomic E-state index is 0.0574. The molecule has 0 aliphatic heterocycles. The van der Waals surface area contributed by atoms with Crippen molar-refractivity contribution in [3.05, 3.63) is 35.4 Å². The summed E-state index contributed by atoms with van der Waals surface area (Å²) in [5.41, 5.74) is 6.94. The van der Waals surface area contributed by atoms with E-state index in [2.05, 4.69) is 6.92 Å². The minimum Gasteiger partial charge on any atom is -0.389 e. The molecule has 20 heavy (non-hydrogen) atoms. The number of benzene rings is 1. The lowest BCUT2D eigenvalue weighted by molar-refractivity contribution is 0.444. The molecule has 0 heterocycles. The van der Waals surface area contributed by atoms with Crippen molar-refractivity contribution in [2.45, 2.75) is 19.1 Å². The number of rotatable bonds is 6.